The third-order valence-electron chi connectivity index (χ3n) is 8.84. The van der Waals surface area contributed by atoms with Gasteiger partial charge in [-0.25, -0.2) is 5.10 Å². The Labute approximate surface area is 243 Å². The van der Waals surface area contributed by atoms with Crippen LogP contribution >= 0.6 is 0 Å². The lowest BCUT2D eigenvalue weighted by Gasteiger charge is -2.37. The lowest BCUT2D eigenvalue weighted by Crippen LogP contribution is -2.43. The molecule has 1 fully saturated rings. The number of aromatic nitrogens is 4. The third kappa shape index (κ3) is 4.58. The number of nitrogens with two attached hydrogens (primary N) is 1. The van der Waals surface area contributed by atoms with Gasteiger partial charge in [0.05, 0.1) is 40.5 Å². The Morgan fingerprint density at radius 3 is 2.60 bits per heavy atom. The van der Waals surface area contributed by atoms with E-state index in [4.69, 9.17) is 15.7 Å². The summed E-state index contributed by atoms with van der Waals surface area (Å²) in [4.78, 5) is 38.8. The number of aromatic amines is 1. The minimum Gasteiger partial charge on any atom is -0.327 e. The standard InChI is InChI=1S/C34H32N6O2/c35-19-29-28-18-25(12-14-27(28)32(41)39-38-29)34(15-16-34)33(42)40(30-10-4-8-23-9-5-17-36-31(23)30)21-26-13-11-24(20-37-26)22-6-2-1-3-7-22/h1-3,5-7,9,11-14,17-18,20,30H,4,8,10,15-16,19,21,35H2,(H,39,41)/t30-/m1/s1. The summed E-state index contributed by atoms with van der Waals surface area (Å²) in [6, 6.07) is 23.9. The Kier molecular flexibility index (Phi) is 6.63. The molecule has 3 N–H and O–H groups in total. The molecule has 42 heavy (non-hydrogen) atoms. The number of aryl methyl sites for hydroxylation is 1. The van der Waals surface area contributed by atoms with Crippen LogP contribution in [0.5, 0.6) is 0 Å². The van der Waals surface area contributed by atoms with Gasteiger partial charge in [-0.05, 0) is 73.1 Å². The molecule has 3 heterocycles. The number of carbonyl (C=O) groups is 1. The molecule has 7 rings (SSSR count). The maximum Gasteiger partial charge on any atom is 0.272 e. The summed E-state index contributed by atoms with van der Waals surface area (Å²) in [5.41, 5.74) is 11.7. The summed E-state index contributed by atoms with van der Waals surface area (Å²) >= 11 is 0. The van der Waals surface area contributed by atoms with Crippen LogP contribution in [0.25, 0.3) is 21.9 Å². The number of nitrogens with one attached hydrogen (secondary N) is 1. The number of hydrogen-bond acceptors (Lipinski definition) is 6. The molecular weight excluding hydrogens is 524 g/mol. The predicted octanol–water partition coefficient (Wildman–Crippen LogP) is 4.98. The van der Waals surface area contributed by atoms with E-state index in [9.17, 15) is 9.59 Å². The van der Waals surface area contributed by atoms with Crippen molar-refractivity contribution in [2.45, 2.75) is 56.7 Å². The zero-order valence-electron chi connectivity index (χ0n) is 23.3. The molecule has 1 atom stereocenters. The van der Waals surface area contributed by atoms with Gasteiger partial charge in [0.25, 0.3) is 5.56 Å². The molecule has 3 aromatic heterocycles. The van der Waals surface area contributed by atoms with Crippen molar-refractivity contribution in [1.29, 1.82) is 0 Å². The molecule has 8 nitrogen and oxygen atoms in total. The Morgan fingerprint density at radius 1 is 0.976 bits per heavy atom. The summed E-state index contributed by atoms with van der Waals surface area (Å²) in [6.07, 6.45) is 7.99. The second-order valence-electron chi connectivity index (χ2n) is 11.3. The topological polar surface area (TPSA) is 118 Å². The first kappa shape index (κ1) is 26.2. The molecule has 210 valence electrons. The van der Waals surface area contributed by atoms with Crippen molar-refractivity contribution >= 4 is 16.7 Å². The minimum atomic E-state index is -0.668. The Morgan fingerprint density at radius 2 is 1.83 bits per heavy atom. The number of nitrogens with zero attached hydrogens (tertiary/aromatic N) is 4. The third-order valence-corrected chi connectivity index (χ3v) is 8.84. The maximum atomic E-state index is 14.7. The molecule has 0 spiro atoms. The molecular formula is C34H32N6O2. The van der Waals surface area contributed by atoms with Gasteiger partial charge in [0.1, 0.15) is 0 Å². The fraction of sp³-hybridized carbons (Fsp3) is 0.265. The smallest absolute Gasteiger partial charge is 0.272 e. The normalized spacial score (nSPS) is 17.0. The van der Waals surface area contributed by atoms with Crippen LogP contribution in [0.4, 0.5) is 0 Å². The van der Waals surface area contributed by atoms with Gasteiger partial charge in [0, 0.05) is 29.9 Å². The van der Waals surface area contributed by atoms with Gasteiger partial charge in [0.15, 0.2) is 0 Å². The highest BCUT2D eigenvalue weighted by molar-refractivity contribution is 5.94. The van der Waals surface area contributed by atoms with Crippen LogP contribution < -0.4 is 11.3 Å². The van der Waals surface area contributed by atoms with E-state index < -0.39 is 5.41 Å². The van der Waals surface area contributed by atoms with Crippen LogP contribution in [-0.4, -0.2) is 31.0 Å². The van der Waals surface area contributed by atoms with Crippen LogP contribution in [0.1, 0.15) is 59.9 Å². The molecule has 0 saturated heterocycles. The number of benzene rings is 2. The minimum absolute atomic E-state index is 0.0754. The fourth-order valence-corrected chi connectivity index (χ4v) is 6.40. The van der Waals surface area contributed by atoms with E-state index in [0.29, 0.717) is 23.0 Å². The number of fused-ring (bicyclic) bond motifs is 2. The van der Waals surface area contributed by atoms with Gasteiger partial charge < -0.3 is 10.6 Å². The Bertz CT molecular complexity index is 1830. The number of hydrogen-bond donors (Lipinski definition) is 2. The second kappa shape index (κ2) is 10.6. The molecule has 2 aliphatic rings. The first-order valence-corrected chi connectivity index (χ1v) is 14.5. The molecule has 2 aliphatic carbocycles. The van der Waals surface area contributed by atoms with E-state index in [0.717, 1.165) is 60.2 Å². The largest absolute Gasteiger partial charge is 0.327 e. The second-order valence-corrected chi connectivity index (χ2v) is 11.3. The van der Waals surface area contributed by atoms with Gasteiger partial charge in [0.2, 0.25) is 5.91 Å². The van der Waals surface area contributed by atoms with Crippen molar-refractivity contribution in [3.05, 3.63) is 124 Å². The summed E-state index contributed by atoms with van der Waals surface area (Å²) in [5, 5.41) is 7.92. The summed E-state index contributed by atoms with van der Waals surface area (Å²) in [6.45, 7) is 0.582. The van der Waals surface area contributed by atoms with Crippen LogP contribution in [0.3, 0.4) is 0 Å². The van der Waals surface area contributed by atoms with Crippen molar-refractivity contribution in [2.75, 3.05) is 0 Å². The van der Waals surface area contributed by atoms with E-state index in [2.05, 4.69) is 34.5 Å². The quantitative estimate of drug-likeness (QED) is 0.292. The lowest BCUT2D eigenvalue weighted by molar-refractivity contribution is -0.137. The Balaban J connectivity index is 1.28. The van der Waals surface area contributed by atoms with E-state index in [1.54, 1.807) is 6.07 Å². The van der Waals surface area contributed by atoms with Gasteiger partial charge in [-0.15, -0.1) is 0 Å². The summed E-state index contributed by atoms with van der Waals surface area (Å²) < 4.78 is 0. The molecule has 1 saturated carbocycles. The average Bonchev–Trinajstić information content (AvgIpc) is 3.86. The molecule has 0 aliphatic heterocycles. The van der Waals surface area contributed by atoms with Crippen molar-refractivity contribution in [2.24, 2.45) is 5.73 Å². The SMILES string of the molecule is NCc1n[nH]c(=O)c2ccc(C3(C(=O)N(Cc4ccc(-c5ccccc5)cn4)[C@@H]4CCCc5cccnc54)CC3)cc12. The summed E-state index contributed by atoms with van der Waals surface area (Å²) in [7, 11) is 0. The number of pyridine rings is 2. The predicted molar refractivity (Wildman–Crippen MR) is 161 cm³/mol. The molecule has 0 radical (unpaired) electrons. The highest BCUT2D eigenvalue weighted by Gasteiger charge is 2.54. The van der Waals surface area contributed by atoms with Crippen LogP contribution in [0.2, 0.25) is 0 Å². The zero-order chi connectivity index (χ0) is 28.7. The first-order chi connectivity index (χ1) is 20.6. The molecule has 0 unspecified atom stereocenters. The van der Waals surface area contributed by atoms with Crippen LogP contribution in [0.15, 0.2) is 90.0 Å². The van der Waals surface area contributed by atoms with E-state index in [-0.39, 0.29) is 24.1 Å². The molecule has 1 amide bonds. The van der Waals surface area contributed by atoms with Gasteiger partial charge in [-0.1, -0.05) is 48.5 Å². The molecule has 8 heteroatoms. The molecule has 0 bridgehead atoms. The van der Waals surface area contributed by atoms with Crippen molar-refractivity contribution in [3.8, 4) is 11.1 Å². The molecule has 2 aromatic carbocycles. The summed E-state index contributed by atoms with van der Waals surface area (Å²) in [5.74, 6) is 0.0754. The van der Waals surface area contributed by atoms with Crippen molar-refractivity contribution in [3.63, 3.8) is 0 Å². The number of rotatable bonds is 7. The van der Waals surface area contributed by atoms with E-state index >= 15 is 0 Å². The van der Waals surface area contributed by atoms with E-state index in [1.807, 2.05) is 59.8 Å². The van der Waals surface area contributed by atoms with Gasteiger partial charge >= 0.3 is 0 Å². The maximum absolute atomic E-state index is 14.7. The van der Waals surface area contributed by atoms with E-state index in [1.165, 1.54) is 5.56 Å². The Hall–Kier alpha value is -4.69. The lowest BCUT2D eigenvalue weighted by atomic mass is 9.87. The highest BCUT2D eigenvalue weighted by Crippen LogP contribution is 2.52. The van der Waals surface area contributed by atoms with Gasteiger partial charge in [-0.2, -0.15) is 5.10 Å². The number of H-pyrrole nitrogens is 1. The highest BCUT2D eigenvalue weighted by atomic mass is 16.2. The fourth-order valence-electron chi connectivity index (χ4n) is 6.40. The molecule has 5 aromatic rings. The average molecular weight is 557 g/mol. The van der Waals surface area contributed by atoms with Crippen molar-refractivity contribution < 1.29 is 4.79 Å². The van der Waals surface area contributed by atoms with Crippen molar-refractivity contribution in [1.82, 2.24) is 25.1 Å². The number of amides is 1. The van der Waals surface area contributed by atoms with Crippen LogP contribution in [-0.2, 0) is 29.7 Å². The van der Waals surface area contributed by atoms with Crippen LogP contribution in [0, 0.1) is 0 Å². The number of carbonyl (C=O) groups excluding carboxylic acids is 1. The zero-order valence-corrected chi connectivity index (χ0v) is 23.3. The monoisotopic (exact) mass is 556 g/mol. The van der Waals surface area contributed by atoms with Gasteiger partial charge in [-0.3, -0.25) is 19.6 Å². The first-order valence-electron chi connectivity index (χ1n) is 14.5.